The number of hydrogen-bond acceptors (Lipinski definition) is 2. The van der Waals surface area contributed by atoms with Gasteiger partial charge in [0.15, 0.2) is 0 Å². The second-order valence-electron chi connectivity index (χ2n) is 5.50. The Morgan fingerprint density at radius 2 is 1.88 bits per heavy atom. The molecule has 0 aromatic carbocycles. The van der Waals surface area contributed by atoms with Gasteiger partial charge in [-0.3, -0.25) is 4.68 Å². The summed E-state index contributed by atoms with van der Waals surface area (Å²) < 4.78 is 8.18. The highest BCUT2D eigenvalue weighted by Crippen LogP contribution is 2.38. The predicted octanol–water partition coefficient (Wildman–Crippen LogP) is 2.91. The van der Waals surface area contributed by atoms with Crippen LogP contribution in [0.1, 0.15) is 44.9 Å². The van der Waals surface area contributed by atoms with E-state index < -0.39 is 0 Å². The number of hydrogen-bond donors (Lipinski definition) is 1. The first kappa shape index (κ1) is 11.1. The molecule has 2 heterocycles. The maximum absolute atomic E-state index is 6.11. The van der Waals surface area contributed by atoms with Crippen LogP contribution in [0.4, 0.5) is 0 Å². The fraction of sp³-hybridized carbons (Fsp3) is 0.714. The van der Waals surface area contributed by atoms with Crippen LogP contribution in [0.15, 0.2) is 24.5 Å². The normalized spacial score (nSPS) is 28.1. The van der Waals surface area contributed by atoms with Crippen molar-refractivity contribution in [1.29, 1.82) is 0 Å². The van der Waals surface area contributed by atoms with E-state index in [4.69, 9.17) is 4.74 Å². The number of aromatic nitrogens is 1. The lowest BCUT2D eigenvalue weighted by molar-refractivity contribution is -0.104. The molecule has 2 fully saturated rings. The molecule has 1 atom stereocenters. The van der Waals surface area contributed by atoms with Crippen molar-refractivity contribution in [3.05, 3.63) is 24.5 Å². The van der Waals surface area contributed by atoms with Gasteiger partial charge in [-0.2, -0.15) is 0 Å². The smallest absolute Gasteiger partial charge is 0.0702 e. The van der Waals surface area contributed by atoms with Crippen molar-refractivity contribution in [2.24, 2.45) is 0 Å². The third kappa shape index (κ3) is 2.49. The van der Waals surface area contributed by atoms with Crippen molar-refractivity contribution in [3.63, 3.8) is 0 Å². The summed E-state index contributed by atoms with van der Waals surface area (Å²) in [4.78, 5) is 0. The average molecular weight is 234 g/mol. The first-order valence-corrected chi connectivity index (χ1v) is 6.90. The van der Waals surface area contributed by atoms with Crippen LogP contribution in [0.25, 0.3) is 0 Å². The van der Waals surface area contributed by atoms with Crippen LogP contribution in [0.5, 0.6) is 0 Å². The number of nitrogens with one attached hydrogen (secondary N) is 1. The number of ether oxygens (including phenoxy) is 1. The summed E-state index contributed by atoms with van der Waals surface area (Å²) >= 11 is 0. The van der Waals surface area contributed by atoms with Gasteiger partial charge in [-0.05, 0) is 37.8 Å². The zero-order valence-corrected chi connectivity index (χ0v) is 10.4. The molecule has 1 unspecified atom stereocenters. The molecule has 3 heteroatoms. The summed E-state index contributed by atoms with van der Waals surface area (Å²) in [6, 6.07) is 4.68. The van der Waals surface area contributed by atoms with E-state index in [2.05, 4.69) is 34.6 Å². The van der Waals surface area contributed by atoms with Crippen molar-refractivity contribution < 1.29 is 4.74 Å². The van der Waals surface area contributed by atoms with Crippen molar-refractivity contribution in [1.82, 2.24) is 4.68 Å². The Balaban J connectivity index is 1.62. The van der Waals surface area contributed by atoms with E-state index in [1.807, 2.05) is 0 Å². The fourth-order valence-electron chi connectivity index (χ4n) is 3.31. The van der Waals surface area contributed by atoms with E-state index in [1.54, 1.807) is 0 Å². The Labute approximate surface area is 103 Å². The highest BCUT2D eigenvalue weighted by atomic mass is 16.5. The van der Waals surface area contributed by atoms with Crippen molar-refractivity contribution >= 4 is 0 Å². The lowest BCUT2D eigenvalue weighted by Gasteiger charge is -2.43. The SMILES string of the molecule is c1ccn(NC2CCOC3(CCCCC3)C2)c1. The Hall–Kier alpha value is -0.960. The van der Waals surface area contributed by atoms with E-state index >= 15 is 0 Å². The van der Waals surface area contributed by atoms with Gasteiger partial charge in [0, 0.05) is 25.0 Å². The van der Waals surface area contributed by atoms with Crippen LogP contribution in [-0.4, -0.2) is 22.9 Å². The summed E-state index contributed by atoms with van der Waals surface area (Å²) in [6.45, 7) is 0.916. The topological polar surface area (TPSA) is 26.2 Å². The Bertz CT molecular complexity index is 336. The summed E-state index contributed by atoms with van der Waals surface area (Å²) in [5.41, 5.74) is 3.76. The second-order valence-corrected chi connectivity index (χ2v) is 5.50. The molecule has 1 aliphatic carbocycles. The van der Waals surface area contributed by atoms with Crippen LogP contribution < -0.4 is 5.43 Å². The van der Waals surface area contributed by atoms with Crippen molar-refractivity contribution in [2.45, 2.75) is 56.6 Å². The molecule has 1 aromatic rings. The molecule has 1 spiro atoms. The van der Waals surface area contributed by atoms with Crippen molar-refractivity contribution in [2.75, 3.05) is 12.0 Å². The summed E-state index contributed by atoms with van der Waals surface area (Å²) in [6.07, 6.45) is 13.0. The lowest BCUT2D eigenvalue weighted by Crippen LogP contribution is -2.47. The highest BCUT2D eigenvalue weighted by molar-refractivity contribution is 5.00. The summed E-state index contributed by atoms with van der Waals surface area (Å²) in [5.74, 6) is 0. The third-order valence-corrected chi connectivity index (χ3v) is 4.19. The molecule has 0 amide bonds. The van der Waals surface area contributed by atoms with Gasteiger partial charge >= 0.3 is 0 Å². The molecule has 1 N–H and O–H groups in total. The van der Waals surface area contributed by atoms with Gasteiger partial charge in [0.25, 0.3) is 0 Å². The van der Waals surface area contributed by atoms with Gasteiger partial charge < -0.3 is 10.2 Å². The maximum atomic E-state index is 6.11. The van der Waals surface area contributed by atoms with Crippen LogP contribution in [0, 0.1) is 0 Å². The minimum atomic E-state index is 0.196. The molecule has 94 valence electrons. The van der Waals surface area contributed by atoms with Gasteiger partial charge in [-0.1, -0.05) is 19.3 Å². The van der Waals surface area contributed by atoms with Crippen LogP contribution in [0.3, 0.4) is 0 Å². The number of rotatable bonds is 2. The standard InChI is InChI=1S/C14H22N2O/c1-2-7-14(8-3-1)12-13(6-11-17-14)15-16-9-4-5-10-16/h4-5,9-10,13,15H,1-3,6-8,11-12H2. The second kappa shape index (κ2) is 4.73. The van der Waals surface area contributed by atoms with E-state index in [0.29, 0.717) is 6.04 Å². The zero-order chi connectivity index (χ0) is 11.6. The Morgan fingerprint density at radius 3 is 2.65 bits per heavy atom. The zero-order valence-electron chi connectivity index (χ0n) is 10.4. The molecule has 3 nitrogen and oxygen atoms in total. The predicted molar refractivity (Wildman–Crippen MR) is 68.6 cm³/mol. The third-order valence-electron chi connectivity index (χ3n) is 4.19. The Morgan fingerprint density at radius 1 is 1.12 bits per heavy atom. The molecular formula is C14H22N2O. The molecule has 1 aliphatic heterocycles. The van der Waals surface area contributed by atoms with Crippen LogP contribution in [-0.2, 0) is 4.74 Å². The van der Waals surface area contributed by atoms with Crippen LogP contribution >= 0.6 is 0 Å². The molecule has 2 aliphatic rings. The molecule has 17 heavy (non-hydrogen) atoms. The largest absolute Gasteiger partial charge is 0.375 e. The minimum Gasteiger partial charge on any atom is -0.375 e. The van der Waals surface area contributed by atoms with Crippen LogP contribution in [0.2, 0.25) is 0 Å². The highest BCUT2D eigenvalue weighted by Gasteiger charge is 2.38. The fourth-order valence-corrected chi connectivity index (χ4v) is 3.31. The van der Waals surface area contributed by atoms with E-state index in [0.717, 1.165) is 13.0 Å². The first-order chi connectivity index (χ1) is 8.36. The summed E-state index contributed by atoms with van der Waals surface area (Å²) in [5, 5.41) is 0. The average Bonchev–Trinajstić information content (AvgIpc) is 2.83. The van der Waals surface area contributed by atoms with Gasteiger partial charge in [-0.25, -0.2) is 0 Å². The molecule has 0 radical (unpaired) electrons. The van der Waals surface area contributed by atoms with E-state index in [1.165, 1.54) is 38.5 Å². The molecule has 1 saturated heterocycles. The minimum absolute atomic E-state index is 0.196. The Kier molecular flexibility index (Phi) is 3.10. The van der Waals surface area contributed by atoms with Gasteiger partial charge in [0.05, 0.1) is 5.60 Å². The molecule has 0 bridgehead atoms. The van der Waals surface area contributed by atoms with Gasteiger partial charge in [-0.15, -0.1) is 0 Å². The van der Waals surface area contributed by atoms with E-state index in [9.17, 15) is 0 Å². The summed E-state index contributed by atoms with van der Waals surface area (Å²) in [7, 11) is 0. The molecule has 3 rings (SSSR count). The molecule has 1 saturated carbocycles. The number of nitrogens with zero attached hydrogens (tertiary/aromatic N) is 1. The van der Waals surface area contributed by atoms with Gasteiger partial charge in [0.2, 0.25) is 0 Å². The molecular weight excluding hydrogens is 212 g/mol. The van der Waals surface area contributed by atoms with Gasteiger partial charge in [0.1, 0.15) is 0 Å². The maximum Gasteiger partial charge on any atom is 0.0702 e. The van der Waals surface area contributed by atoms with Crippen molar-refractivity contribution in [3.8, 4) is 0 Å². The monoisotopic (exact) mass is 234 g/mol. The first-order valence-electron chi connectivity index (χ1n) is 6.90. The lowest BCUT2D eigenvalue weighted by atomic mass is 9.78. The molecule has 1 aromatic heterocycles. The van der Waals surface area contributed by atoms with E-state index in [-0.39, 0.29) is 5.60 Å². The quantitative estimate of drug-likeness (QED) is 0.851.